The minimum absolute atomic E-state index is 0.502. The molecule has 1 fully saturated rings. The predicted molar refractivity (Wildman–Crippen MR) is 86.0 cm³/mol. The smallest absolute Gasteiger partial charge is 0.0736 e. The van der Waals surface area contributed by atoms with E-state index in [0.717, 1.165) is 12.5 Å². The van der Waals surface area contributed by atoms with E-state index in [2.05, 4.69) is 50.4 Å². The lowest BCUT2D eigenvalue weighted by molar-refractivity contribution is 0.134. The molecule has 112 valence electrons. The van der Waals surface area contributed by atoms with Crippen LogP contribution < -0.4 is 5.32 Å². The Bertz CT molecular complexity index is 427. The number of anilines is 1. The van der Waals surface area contributed by atoms with Gasteiger partial charge in [0, 0.05) is 23.9 Å². The van der Waals surface area contributed by atoms with Crippen molar-refractivity contribution in [3.05, 3.63) is 29.8 Å². The van der Waals surface area contributed by atoms with Crippen LogP contribution in [0.5, 0.6) is 0 Å². The van der Waals surface area contributed by atoms with Gasteiger partial charge in [-0.3, -0.25) is 0 Å². The average Bonchev–Trinajstić information content (AvgIpc) is 2.40. The SMILES string of the molecule is CCOCc1ccccc1NC1CCC(C)(C)CC1C. The van der Waals surface area contributed by atoms with Crippen molar-refractivity contribution in [2.24, 2.45) is 11.3 Å². The zero-order valence-electron chi connectivity index (χ0n) is 13.4. The van der Waals surface area contributed by atoms with Gasteiger partial charge in [0.2, 0.25) is 0 Å². The maximum atomic E-state index is 5.57. The van der Waals surface area contributed by atoms with Gasteiger partial charge >= 0.3 is 0 Å². The molecule has 2 atom stereocenters. The van der Waals surface area contributed by atoms with E-state index in [0.29, 0.717) is 18.1 Å². The van der Waals surface area contributed by atoms with Crippen LogP contribution in [0.25, 0.3) is 0 Å². The summed E-state index contributed by atoms with van der Waals surface area (Å²) in [5.74, 6) is 0.721. The van der Waals surface area contributed by atoms with Crippen LogP contribution in [-0.2, 0) is 11.3 Å². The van der Waals surface area contributed by atoms with Crippen LogP contribution in [0.1, 0.15) is 52.5 Å². The summed E-state index contributed by atoms with van der Waals surface area (Å²) in [6, 6.07) is 9.13. The predicted octanol–water partition coefficient (Wildman–Crippen LogP) is 4.85. The Morgan fingerprint density at radius 3 is 2.75 bits per heavy atom. The zero-order valence-corrected chi connectivity index (χ0v) is 13.4. The second-order valence-electron chi connectivity index (χ2n) is 6.93. The average molecular weight is 275 g/mol. The molecule has 0 heterocycles. The molecule has 0 radical (unpaired) electrons. The number of rotatable bonds is 5. The Morgan fingerprint density at radius 1 is 1.30 bits per heavy atom. The first-order valence-electron chi connectivity index (χ1n) is 7.94. The fourth-order valence-electron chi connectivity index (χ4n) is 3.36. The van der Waals surface area contributed by atoms with Crippen LogP contribution in [0.2, 0.25) is 0 Å². The summed E-state index contributed by atoms with van der Waals surface area (Å²) >= 11 is 0. The largest absolute Gasteiger partial charge is 0.382 e. The summed E-state index contributed by atoms with van der Waals surface area (Å²) in [5.41, 5.74) is 3.02. The molecule has 0 bridgehead atoms. The van der Waals surface area contributed by atoms with E-state index in [1.54, 1.807) is 0 Å². The molecule has 2 nitrogen and oxygen atoms in total. The maximum absolute atomic E-state index is 5.57. The molecular formula is C18H29NO. The van der Waals surface area contributed by atoms with Crippen LogP contribution in [0.3, 0.4) is 0 Å². The fourth-order valence-corrected chi connectivity index (χ4v) is 3.36. The number of hydrogen-bond donors (Lipinski definition) is 1. The highest BCUT2D eigenvalue weighted by atomic mass is 16.5. The van der Waals surface area contributed by atoms with E-state index in [4.69, 9.17) is 4.74 Å². The Morgan fingerprint density at radius 2 is 2.05 bits per heavy atom. The first-order valence-corrected chi connectivity index (χ1v) is 7.94. The van der Waals surface area contributed by atoms with Gasteiger partial charge in [0.25, 0.3) is 0 Å². The Labute approximate surface area is 123 Å². The molecule has 0 aliphatic heterocycles. The van der Waals surface area contributed by atoms with E-state index >= 15 is 0 Å². The normalized spacial score (nSPS) is 25.4. The molecule has 2 heteroatoms. The Kier molecular flexibility index (Phi) is 5.09. The van der Waals surface area contributed by atoms with Crippen molar-refractivity contribution in [1.82, 2.24) is 0 Å². The van der Waals surface area contributed by atoms with Gasteiger partial charge in [-0.1, -0.05) is 39.0 Å². The van der Waals surface area contributed by atoms with Crippen molar-refractivity contribution in [2.75, 3.05) is 11.9 Å². The van der Waals surface area contributed by atoms with Crippen LogP contribution in [-0.4, -0.2) is 12.6 Å². The molecule has 1 N–H and O–H groups in total. The molecule has 2 rings (SSSR count). The molecule has 1 aromatic carbocycles. The van der Waals surface area contributed by atoms with E-state index in [-0.39, 0.29) is 0 Å². The van der Waals surface area contributed by atoms with E-state index in [9.17, 15) is 0 Å². The minimum Gasteiger partial charge on any atom is -0.382 e. The highest BCUT2D eigenvalue weighted by molar-refractivity contribution is 5.51. The lowest BCUT2D eigenvalue weighted by atomic mass is 9.70. The second kappa shape index (κ2) is 6.62. The van der Waals surface area contributed by atoms with Gasteiger partial charge in [0.15, 0.2) is 0 Å². The van der Waals surface area contributed by atoms with Crippen LogP contribution in [0.15, 0.2) is 24.3 Å². The Balaban J connectivity index is 2.03. The van der Waals surface area contributed by atoms with Crippen LogP contribution in [0.4, 0.5) is 5.69 Å². The summed E-state index contributed by atoms with van der Waals surface area (Å²) < 4.78 is 5.57. The van der Waals surface area contributed by atoms with E-state index in [1.807, 2.05) is 6.92 Å². The number of nitrogens with one attached hydrogen (secondary N) is 1. The summed E-state index contributed by atoms with van der Waals surface area (Å²) in [4.78, 5) is 0. The summed E-state index contributed by atoms with van der Waals surface area (Å²) in [7, 11) is 0. The molecule has 0 aromatic heterocycles. The summed E-state index contributed by atoms with van der Waals surface area (Å²) in [6.07, 6.45) is 3.87. The molecular weight excluding hydrogens is 246 g/mol. The lowest BCUT2D eigenvalue weighted by Gasteiger charge is -2.40. The third kappa shape index (κ3) is 3.99. The monoisotopic (exact) mass is 275 g/mol. The molecule has 2 unspecified atom stereocenters. The molecule has 0 spiro atoms. The molecule has 1 saturated carbocycles. The van der Waals surface area contributed by atoms with Crippen molar-refractivity contribution in [2.45, 2.75) is 59.6 Å². The van der Waals surface area contributed by atoms with Gasteiger partial charge in [-0.05, 0) is 43.6 Å². The van der Waals surface area contributed by atoms with Crippen LogP contribution in [0, 0.1) is 11.3 Å². The van der Waals surface area contributed by atoms with Crippen molar-refractivity contribution >= 4 is 5.69 Å². The third-order valence-corrected chi connectivity index (χ3v) is 4.51. The van der Waals surface area contributed by atoms with Crippen molar-refractivity contribution in [3.63, 3.8) is 0 Å². The first kappa shape index (κ1) is 15.4. The quantitative estimate of drug-likeness (QED) is 0.829. The van der Waals surface area contributed by atoms with Gasteiger partial charge in [-0.25, -0.2) is 0 Å². The lowest BCUT2D eigenvalue weighted by Crippen LogP contribution is -2.37. The molecule has 0 saturated heterocycles. The van der Waals surface area contributed by atoms with Crippen LogP contribution >= 0.6 is 0 Å². The zero-order chi connectivity index (χ0) is 14.6. The van der Waals surface area contributed by atoms with Gasteiger partial charge < -0.3 is 10.1 Å². The number of hydrogen-bond acceptors (Lipinski definition) is 2. The molecule has 1 aromatic rings. The number of benzene rings is 1. The number of para-hydroxylation sites is 1. The molecule has 0 amide bonds. The van der Waals surface area contributed by atoms with E-state index in [1.165, 1.54) is 30.5 Å². The van der Waals surface area contributed by atoms with Gasteiger partial charge in [-0.15, -0.1) is 0 Å². The molecule has 1 aliphatic rings. The van der Waals surface area contributed by atoms with Gasteiger partial charge in [0.1, 0.15) is 0 Å². The highest BCUT2D eigenvalue weighted by Crippen LogP contribution is 2.39. The third-order valence-electron chi connectivity index (χ3n) is 4.51. The standard InChI is InChI=1S/C18H29NO/c1-5-20-13-15-8-6-7-9-17(15)19-16-10-11-18(3,4)12-14(16)2/h6-9,14,16,19H,5,10-13H2,1-4H3. The van der Waals surface area contributed by atoms with Crippen molar-refractivity contribution in [3.8, 4) is 0 Å². The minimum atomic E-state index is 0.502. The topological polar surface area (TPSA) is 21.3 Å². The first-order chi connectivity index (χ1) is 9.52. The summed E-state index contributed by atoms with van der Waals surface area (Å²) in [6.45, 7) is 10.7. The van der Waals surface area contributed by atoms with Gasteiger partial charge in [-0.2, -0.15) is 0 Å². The fraction of sp³-hybridized carbons (Fsp3) is 0.667. The Hall–Kier alpha value is -1.02. The molecule has 20 heavy (non-hydrogen) atoms. The highest BCUT2D eigenvalue weighted by Gasteiger charge is 2.32. The van der Waals surface area contributed by atoms with Crippen molar-refractivity contribution in [1.29, 1.82) is 0 Å². The number of ether oxygens (including phenoxy) is 1. The summed E-state index contributed by atoms with van der Waals surface area (Å²) in [5, 5.41) is 3.77. The second-order valence-corrected chi connectivity index (χ2v) is 6.93. The van der Waals surface area contributed by atoms with E-state index < -0.39 is 0 Å². The van der Waals surface area contributed by atoms with Crippen molar-refractivity contribution < 1.29 is 4.74 Å². The van der Waals surface area contributed by atoms with Gasteiger partial charge in [0.05, 0.1) is 6.61 Å². The maximum Gasteiger partial charge on any atom is 0.0736 e. The molecule has 1 aliphatic carbocycles.